The van der Waals surface area contributed by atoms with Crippen molar-refractivity contribution in [1.82, 2.24) is 9.78 Å². The van der Waals surface area contributed by atoms with Crippen LogP contribution in [0.4, 0.5) is 5.82 Å². The van der Waals surface area contributed by atoms with Gasteiger partial charge in [-0.1, -0.05) is 36.4 Å². The summed E-state index contributed by atoms with van der Waals surface area (Å²) in [6, 6.07) is 21.6. The topological polar surface area (TPSA) is 46.9 Å². The third kappa shape index (κ3) is 2.44. The zero-order valence-electron chi connectivity index (χ0n) is 10.7. The van der Waals surface area contributed by atoms with E-state index >= 15 is 0 Å². The number of benzene rings is 2. The smallest absolute Gasteiger partial charge is 0.256 e. The number of hydrogen-bond donors (Lipinski definition) is 1. The highest BCUT2D eigenvalue weighted by Crippen LogP contribution is 2.14. The molecule has 4 nitrogen and oxygen atoms in total. The molecule has 0 saturated heterocycles. The molecule has 1 aromatic heterocycles. The quantitative estimate of drug-likeness (QED) is 0.789. The van der Waals surface area contributed by atoms with Gasteiger partial charge in [-0.15, -0.1) is 0 Å². The van der Waals surface area contributed by atoms with Gasteiger partial charge in [0, 0.05) is 5.56 Å². The standard InChI is InChI=1S/C16H12N3O/c20-16(13-7-3-1-4-8-13)18-15-11-12-17-19(15)14-9-5-2-6-10-14/h1-10,12H,(H,18,20). The molecule has 0 aliphatic heterocycles. The molecule has 4 heteroatoms. The van der Waals surface area contributed by atoms with Crippen LogP contribution in [0.1, 0.15) is 10.4 Å². The molecule has 0 atom stereocenters. The van der Waals surface area contributed by atoms with E-state index in [1.165, 1.54) is 6.20 Å². The second kappa shape index (κ2) is 5.40. The van der Waals surface area contributed by atoms with Crippen molar-refractivity contribution in [1.29, 1.82) is 0 Å². The van der Waals surface area contributed by atoms with Crippen LogP contribution < -0.4 is 5.32 Å². The van der Waals surface area contributed by atoms with Crippen LogP contribution in [0.3, 0.4) is 0 Å². The monoisotopic (exact) mass is 262 g/mol. The number of carbonyl (C=O) groups excluding carboxylic acids is 1. The minimum atomic E-state index is -0.181. The van der Waals surface area contributed by atoms with E-state index in [9.17, 15) is 4.79 Å². The Morgan fingerprint density at radius 1 is 1.00 bits per heavy atom. The highest BCUT2D eigenvalue weighted by atomic mass is 16.1. The first-order valence-corrected chi connectivity index (χ1v) is 6.22. The fourth-order valence-electron chi connectivity index (χ4n) is 1.89. The molecule has 0 fully saturated rings. The van der Waals surface area contributed by atoms with Crippen molar-refractivity contribution < 1.29 is 4.79 Å². The Morgan fingerprint density at radius 2 is 1.65 bits per heavy atom. The van der Waals surface area contributed by atoms with Crippen molar-refractivity contribution in [3.63, 3.8) is 0 Å². The fourth-order valence-corrected chi connectivity index (χ4v) is 1.89. The summed E-state index contributed by atoms with van der Waals surface area (Å²) in [5, 5.41) is 6.99. The first kappa shape index (κ1) is 12.2. The highest BCUT2D eigenvalue weighted by Gasteiger charge is 2.10. The molecule has 0 spiro atoms. The lowest BCUT2D eigenvalue weighted by molar-refractivity contribution is 0.102. The molecular weight excluding hydrogens is 250 g/mol. The molecule has 1 N–H and O–H groups in total. The molecule has 97 valence electrons. The molecule has 0 aliphatic carbocycles. The lowest BCUT2D eigenvalue weighted by Gasteiger charge is -2.08. The molecule has 3 rings (SSSR count). The van der Waals surface area contributed by atoms with E-state index in [0.717, 1.165) is 5.69 Å². The molecule has 2 aromatic carbocycles. The highest BCUT2D eigenvalue weighted by molar-refractivity contribution is 6.03. The average Bonchev–Trinajstić information content (AvgIpc) is 2.97. The van der Waals surface area contributed by atoms with Gasteiger partial charge in [0.2, 0.25) is 0 Å². The number of anilines is 1. The van der Waals surface area contributed by atoms with Crippen molar-refractivity contribution in [2.45, 2.75) is 0 Å². The van der Waals surface area contributed by atoms with E-state index in [1.54, 1.807) is 16.8 Å². The molecule has 0 bridgehead atoms. The second-order valence-electron chi connectivity index (χ2n) is 4.21. The number of nitrogens with one attached hydrogen (secondary N) is 1. The number of carbonyl (C=O) groups is 1. The molecule has 20 heavy (non-hydrogen) atoms. The number of para-hydroxylation sites is 1. The van der Waals surface area contributed by atoms with Crippen molar-refractivity contribution >= 4 is 11.7 Å². The summed E-state index contributed by atoms with van der Waals surface area (Å²) in [5.74, 6) is 0.338. The van der Waals surface area contributed by atoms with Crippen molar-refractivity contribution in [2.75, 3.05) is 5.32 Å². The average molecular weight is 262 g/mol. The first-order valence-electron chi connectivity index (χ1n) is 6.22. The van der Waals surface area contributed by atoms with Crippen LogP contribution in [0.5, 0.6) is 0 Å². The third-order valence-corrected chi connectivity index (χ3v) is 2.85. The lowest BCUT2D eigenvalue weighted by atomic mass is 10.2. The maximum Gasteiger partial charge on any atom is 0.256 e. The molecule has 0 unspecified atom stereocenters. The van der Waals surface area contributed by atoms with Crippen LogP contribution in [0.2, 0.25) is 0 Å². The van der Waals surface area contributed by atoms with Gasteiger partial charge in [0.05, 0.1) is 18.0 Å². The summed E-state index contributed by atoms with van der Waals surface area (Å²) in [7, 11) is 0. The van der Waals surface area contributed by atoms with Crippen molar-refractivity contribution in [3.05, 3.63) is 78.5 Å². The van der Waals surface area contributed by atoms with Gasteiger partial charge in [-0.3, -0.25) is 4.79 Å². The van der Waals surface area contributed by atoms with E-state index in [1.807, 2.05) is 48.5 Å². The number of rotatable bonds is 3. The molecule has 1 amide bonds. The zero-order valence-corrected chi connectivity index (χ0v) is 10.7. The summed E-state index contributed by atoms with van der Waals surface area (Å²) in [6.45, 7) is 0. The Morgan fingerprint density at radius 3 is 2.35 bits per heavy atom. The van der Waals surface area contributed by atoms with Gasteiger partial charge in [0.15, 0.2) is 0 Å². The summed E-state index contributed by atoms with van der Waals surface area (Å²) in [4.78, 5) is 12.1. The molecule has 1 heterocycles. The number of amides is 1. The Labute approximate surface area is 116 Å². The van der Waals surface area contributed by atoms with Crippen LogP contribution in [0, 0.1) is 6.07 Å². The molecule has 0 saturated carbocycles. The van der Waals surface area contributed by atoms with Crippen LogP contribution in [0.15, 0.2) is 66.9 Å². The largest absolute Gasteiger partial charge is 0.306 e. The Balaban J connectivity index is 1.86. The number of aromatic nitrogens is 2. The zero-order chi connectivity index (χ0) is 13.8. The Bertz CT molecular complexity index is 705. The van der Waals surface area contributed by atoms with Gasteiger partial charge in [-0.2, -0.15) is 5.10 Å². The van der Waals surface area contributed by atoms with E-state index < -0.39 is 0 Å². The Hall–Kier alpha value is -2.88. The summed E-state index contributed by atoms with van der Waals surface area (Å²) >= 11 is 0. The van der Waals surface area contributed by atoms with E-state index in [0.29, 0.717) is 11.4 Å². The minimum absolute atomic E-state index is 0.181. The van der Waals surface area contributed by atoms with Gasteiger partial charge in [-0.25, -0.2) is 4.68 Å². The predicted octanol–water partition coefficient (Wildman–Crippen LogP) is 2.92. The molecular formula is C16H12N3O. The first-order chi connectivity index (χ1) is 9.84. The number of hydrogen-bond acceptors (Lipinski definition) is 2. The Kier molecular flexibility index (Phi) is 3.29. The van der Waals surface area contributed by atoms with Crippen LogP contribution >= 0.6 is 0 Å². The molecule has 0 aliphatic rings. The van der Waals surface area contributed by atoms with Crippen LogP contribution in [-0.2, 0) is 0 Å². The lowest BCUT2D eigenvalue weighted by Crippen LogP contribution is -2.15. The van der Waals surface area contributed by atoms with E-state index in [4.69, 9.17) is 0 Å². The summed E-state index contributed by atoms with van der Waals surface area (Å²) in [6.07, 6.45) is 1.54. The van der Waals surface area contributed by atoms with Gasteiger partial charge in [0.25, 0.3) is 5.91 Å². The predicted molar refractivity (Wildman–Crippen MR) is 76.8 cm³/mol. The maximum atomic E-state index is 12.1. The summed E-state index contributed by atoms with van der Waals surface area (Å²) < 4.78 is 1.64. The van der Waals surface area contributed by atoms with Crippen molar-refractivity contribution in [2.24, 2.45) is 0 Å². The minimum Gasteiger partial charge on any atom is -0.306 e. The number of nitrogens with zero attached hydrogens (tertiary/aromatic N) is 2. The van der Waals surface area contributed by atoms with Gasteiger partial charge < -0.3 is 5.32 Å². The molecule has 3 aromatic rings. The third-order valence-electron chi connectivity index (χ3n) is 2.85. The van der Waals surface area contributed by atoms with Crippen LogP contribution in [-0.4, -0.2) is 15.7 Å². The maximum absolute atomic E-state index is 12.1. The SMILES string of the molecule is O=C(Nc1[c]cnn1-c1ccccc1)c1ccccc1. The van der Waals surface area contributed by atoms with Crippen LogP contribution in [0.25, 0.3) is 5.69 Å². The van der Waals surface area contributed by atoms with Crippen molar-refractivity contribution in [3.8, 4) is 5.69 Å². The van der Waals surface area contributed by atoms with Gasteiger partial charge in [-0.05, 0) is 24.3 Å². The van der Waals surface area contributed by atoms with Gasteiger partial charge >= 0.3 is 0 Å². The fraction of sp³-hybridized carbons (Fsp3) is 0. The molecule has 1 radical (unpaired) electrons. The normalized spacial score (nSPS) is 10.2. The van der Waals surface area contributed by atoms with E-state index in [2.05, 4.69) is 16.5 Å². The van der Waals surface area contributed by atoms with Gasteiger partial charge in [0.1, 0.15) is 5.82 Å². The van der Waals surface area contributed by atoms with E-state index in [-0.39, 0.29) is 5.91 Å². The summed E-state index contributed by atoms with van der Waals surface area (Å²) in [5.41, 5.74) is 1.47. The second-order valence-corrected chi connectivity index (χ2v) is 4.21.